The van der Waals surface area contributed by atoms with Crippen molar-refractivity contribution in [2.24, 2.45) is 4.99 Å². The fourth-order valence-electron chi connectivity index (χ4n) is 2.84. The number of nitriles is 1. The second-order valence-electron chi connectivity index (χ2n) is 6.66. The molecular weight excluding hydrogens is 424 g/mol. The molecule has 0 heterocycles. The Morgan fingerprint density at radius 1 is 1.22 bits per heavy atom. The maximum atomic E-state index is 12.9. The van der Waals surface area contributed by atoms with Crippen LogP contribution in [0, 0.1) is 18.4 Å². The number of nitrogens with zero attached hydrogens (tertiary/aromatic N) is 2. The maximum Gasteiger partial charge on any atom is 0.209 e. The van der Waals surface area contributed by atoms with Gasteiger partial charge in [0.05, 0.1) is 23.4 Å². The summed E-state index contributed by atoms with van der Waals surface area (Å²) in [4.78, 5) is 4.76. The van der Waals surface area contributed by atoms with Gasteiger partial charge in [-0.25, -0.2) is 13.4 Å². The lowest BCUT2D eigenvalue weighted by Gasteiger charge is -2.10. The Labute approximate surface area is 189 Å². The summed E-state index contributed by atoms with van der Waals surface area (Å²) in [7, 11) is -2.11. The molecule has 0 aliphatic rings. The minimum Gasteiger partial charge on any atom is -0.496 e. The van der Waals surface area contributed by atoms with Gasteiger partial charge >= 0.3 is 0 Å². The number of benzene rings is 2. The summed E-state index contributed by atoms with van der Waals surface area (Å²) >= 11 is 0. The predicted molar refractivity (Wildman–Crippen MR) is 126 cm³/mol. The SMILES string of the molecule is C=C/C=C(\C=C/C)NC(=NCc1ccc(S(=O)(=O)c2ccc(OC)c(C)c2)cc1)NC#N. The van der Waals surface area contributed by atoms with Crippen molar-refractivity contribution in [3.8, 4) is 11.9 Å². The van der Waals surface area contributed by atoms with Gasteiger partial charge in [0.25, 0.3) is 0 Å². The number of rotatable bonds is 8. The zero-order valence-corrected chi connectivity index (χ0v) is 19.1. The van der Waals surface area contributed by atoms with Crippen molar-refractivity contribution < 1.29 is 13.2 Å². The lowest BCUT2D eigenvalue weighted by molar-refractivity contribution is 0.411. The molecule has 0 saturated heterocycles. The summed E-state index contributed by atoms with van der Waals surface area (Å²) in [5.74, 6) is 0.900. The van der Waals surface area contributed by atoms with E-state index in [0.29, 0.717) is 11.4 Å². The summed E-state index contributed by atoms with van der Waals surface area (Å²) < 4.78 is 31.1. The highest BCUT2D eigenvalue weighted by Crippen LogP contribution is 2.26. The second kappa shape index (κ2) is 11.5. The number of sulfone groups is 1. The smallest absolute Gasteiger partial charge is 0.209 e. The van der Waals surface area contributed by atoms with Crippen LogP contribution in [0.4, 0.5) is 0 Å². The highest BCUT2D eigenvalue weighted by atomic mass is 32.2. The number of hydrogen-bond donors (Lipinski definition) is 2. The fourth-order valence-corrected chi connectivity index (χ4v) is 4.19. The average Bonchev–Trinajstić information content (AvgIpc) is 2.78. The summed E-state index contributed by atoms with van der Waals surface area (Å²) in [5.41, 5.74) is 2.24. The average molecular weight is 451 g/mol. The van der Waals surface area contributed by atoms with Gasteiger partial charge in [0.1, 0.15) is 5.75 Å². The Bertz CT molecular complexity index is 1190. The second-order valence-corrected chi connectivity index (χ2v) is 8.61. The van der Waals surface area contributed by atoms with Crippen molar-refractivity contribution in [1.82, 2.24) is 10.6 Å². The van der Waals surface area contributed by atoms with Crippen molar-refractivity contribution in [1.29, 1.82) is 5.26 Å². The first kappa shape index (κ1) is 24.4. The monoisotopic (exact) mass is 450 g/mol. The standard InChI is InChI=1S/C24H26N4O3S/c1-5-7-20(8-6-2)28-24(27-17-25)26-16-19-9-11-21(12-10-19)32(29,30)22-13-14-23(31-4)18(3)15-22/h5-15H,1,16H2,2-4H3,(H2,26,27,28)/b8-6-,20-7+. The molecule has 0 aliphatic carbocycles. The highest BCUT2D eigenvalue weighted by Gasteiger charge is 2.18. The molecule has 166 valence electrons. The number of guanidine groups is 1. The zero-order chi connectivity index (χ0) is 23.6. The van der Waals surface area contributed by atoms with Crippen LogP contribution in [-0.2, 0) is 16.4 Å². The van der Waals surface area contributed by atoms with E-state index in [2.05, 4.69) is 22.2 Å². The molecule has 2 rings (SSSR count). The molecule has 0 bridgehead atoms. The van der Waals surface area contributed by atoms with Crippen LogP contribution in [0.25, 0.3) is 0 Å². The first-order valence-electron chi connectivity index (χ1n) is 9.76. The van der Waals surface area contributed by atoms with Gasteiger partial charge in [-0.15, -0.1) is 0 Å². The lowest BCUT2D eigenvalue weighted by Crippen LogP contribution is -2.33. The van der Waals surface area contributed by atoms with E-state index in [0.717, 1.165) is 11.1 Å². The number of aliphatic imine (C=N–C) groups is 1. The summed E-state index contributed by atoms with van der Waals surface area (Å²) in [6.07, 6.45) is 8.87. The van der Waals surface area contributed by atoms with E-state index < -0.39 is 9.84 Å². The van der Waals surface area contributed by atoms with E-state index in [1.807, 2.05) is 25.3 Å². The molecule has 0 atom stereocenters. The van der Waals surface area contributed by atoms with E-state index in [4.69, 9.17) is 10.00 Å². The molecule has 0 amide bonds. The normalized spacial score (nSPS) is 12.3. The van der Waals surface area contributed by atoms with Gasteiger partial charge in [0, 0.05) is 5.70 Å². The van der Waals surface area contributed by atoms with Gasteiger partial charge in [-0.1, -0.05) is 30.9 Å². The molecule has 2 aromatic rings. The van der Waals surface area contributed by atoms with Gasteiger partial charge < -0.3 is 10.1 Å². The summed E-state index contributed by atoms with van der Waals surface area (Å²) in [5, 5.41) is 14.5. The number of ether oxygens (including phenoxy) is 1. The molecular formula is C24H26N4O3S. The van der Waals surface area contributed by atoms with Gasteiger partial charge in [-0.2, -0.15) is 5.26 Å². The minimum atomic E-state index is -3.66. The Morgan fingerprint density at radius 3 is 2.47 bits per heavy atom. The molecule has 7 nitrogen and oxygen atoms in total. The van der Waals surface area contributed by atoms with Crippen molar-refractivity contribution >= 4 is 15.8 Å². The van der Waals surface area contributed by atoms with Crippen molar-refractivity contribution in [2.75, 3.05) is 7.11 Å². The van der Waals surface area contributed by atoms with Crippen LogP contribution in [0.15, 0.2) is 93.8 Å². The van der Waals surface area contributed by atoms with Crippen LogP contribution in [0.3, 0.4) is 0 Å². The largest absolute Gasteiger partial charge is 0.496 e. The molecule has 2 N–H and O–H groups in total. The number of hydrogen-bond acceptors (Lipinski definition) is 5. The summed E-state index contributed by atoms with van der Waals surface area (Å²) in [6, 6.07) is 11.3. The Hall–Kier alpha value is -3.83. The Morgan fingerprint density at radius 2 is 1.91 bits per heavy atom. The number of methoxy groups -OCH3 is 1. The van der Waals surface area contributed by atoms with Crippen LogP contribution in [0.5, 0.6) is 5.75 Å². The van der Waals surface area contributed by atoms with Gasteiger partial charge in [-0.05, 0) is 67.5 Å². The van der Waals surface area contributed by atoms with Crippen LogP contribution in [0.2, 0.25) is 0 Å². The number of aryl methyl sites for hydroxylation is 1. The van der Waals surface area contributed by atoms with E-state index >= 15 is 0 Å². The molecule has 0 aliphatic heterocycles. The predicted octanol–water partition coefficient (Wildman–Crippen LogP) is 4.00. The molecule has 32 heavy (non-hydrogen) atoms. The molecule has 0 saturated carbocycles. The van der Waals surface area contributed by atoms with Crippen LogP contribution < -0.4 is 15.4 Å². The van der Waals surface area contributed by atoms with E-state index in [-0.39, 0.29) is 22.3 Å². The molecule has 0 radical (unpaired) electrons. The zero-order valence-electron chi connectivity index (χ0n) is 18.3. The van der Waals surface area contributed by atoms with Gasteiger partial charge in [-0.3, -0.25) is 5.32 Å². The third kappa shape index (κ3) is 6.33. The van der Waals surface area contributed by atoms with Crippen LogP contribution in [0.1, 0.15) is 18.1 Å². The number of nitrogens with one attached hydrogen (secondary N) is 2. The minimum absolute atomic E-state index is 0.188. The molecule has 0 aromatic heterocycles. The highest BCUT2D eigenvalue weighted by molar-refractivity contribution is 7.91. The third-order valence-electron chi connectivity index (χ3n) is 4.41. The van der Waals surface area contributed by atoms with Crippen LogP contribution >= 0.6 is 0 Å². The van der Waals surface area contributed by atoms with Crippen molar-refractivity contribution in [3.05, 3.63) is 90.2 Å². The topological polar surface area (TPSA) is 104 Å². The van der Waals surface area contributed by atoms with E-state index in [9.17, 15) is 8.42 Å². The van der Waals surface area contributed by atoms with Crippen molar-refractivity contribution in [2.45, 2.75) is 30.2 Å². The van der Waals surface area contributed by atoms with E-state index in [1.165, 1.54) is 6.07 Å². The third-order valence-corrected chi connectivity index (χ3v) is 6.18. The fraction of sp³-hybridized carbons (Fsp3) is 0.167. The Balaban J connectivity index is 2.22. The number of allylic oxidation sites excluding steroid dienone is 4. The first-order valence-corrected chi connectivity index (χ1v) is 11.2. The van der Waals surface area contributed by atoms with E-state index in [1.54, 1.807) is 62.6 Å². The molecule has 0 fully saturated rings. The van der Waals surface area contributed by atoms with Crippen molar-refractivity contribution in [3.63, 3.8) is 0 Å². The maximum absolute atomic E-state index is 12.9. The molecule has 8 heteroatoms. The lowest BCUT2D eigenvalue weighted by atomic mass is 10.2. The molecule has 0 spiro atoms. The first-order chi connectivity index (χ1) is 15.3. The Kier molecular flexibility index (Phi) is 8.81. The molecule has 0 unspecified atom stereocenters. The molecule has 2 aromatic carbocycles. The van der Waals surface area contributed by atoms with Gasteiger partial charge in [0.15, 0.2) is 6.19 Å². The van der Waals surface area contributed by atoms with Gasteiger partial charge in [0.2, 0.25) is 15.8 Å². The van der Waals surface area contributed by atoms with Crippen LogP contribution in [-0.4, -0.2) is 21.5 Å². The summed E-state index contributed by atoms with van der Waals surface area (Å²) in [6.45, 7) is 7.58. The quantitative estimate of drug-likeness (QED) is 0.207.